The van der Waals surface area contributed by atoms with Crippen LogP contribution in [0.4, 0.5) is 0 Å². The van der Waals surface area contributed by atoms with Crippen LogP contribution in [0.15, 0.2) is 15.7 Å². The lowest BCUT2D eigenvalue weighted by atomic mass is 10.1. The van der Waals surface area contributed by atoms with Crippen molar-refractivity contribution in [3.8, 4) is 0 Å². The molecule has 1 aromatic heterocycles. The number of aliphatic hydroxyl groups is 1. The van der Waals surface area contributed by atoms with Crippen LogP contribution in [0.5, 0.6) is 0 Å². The first-order valence-corrected chi connectivity index (χ1v) is 8.77. The van der Waals surface area contributed by atoms with Gasteiger partial charge in [-0.1, -0.05) is 0 Å². The zero-order valence-electron chi connectivity index (χ0n) is 10.7. The summed E-state index contributed by atoms with van der Waals surface area (Å²) in [5, 5.41) is 10.6. The maximum absolute atomic E-state index is 12.0. The molecular weight excluding hydrogens is 286 g/mol. The molecule has 7 heteroatoms. The number of ether oxygens (including phenoxy) is 1. The van der Waals surface area contributed by atoms with E-state index in [1.54, 1.807) is 5.38 Å². The number of thiophene rings is 1. The van der Waals surface area contributed by atoms with E-state index < -0.39 is 10.0 Å². The van der Waals surface area contributed by atoms with Gasteiger partial charge in [-0.3, -0.25) is 0 Å². The van der Waals surface area contributed by atoms with Crippen LogP contribution in [0, 0.1) is 0 Å². The van der Waals surface area contributed by atoms with Crippen molar-refractivity contribution in [1.29, 1.82) is 0 Å². The van der Waals surface area contributed by atoms with E-state index in [0.29, 0.717) is 18.5 Å². The molecule has 0 radical (unpaired) electrons. The van der Waals surface area contributed by atoms with Crippen LogP contribution >= 0.6 is 11.3 Å². The van der Waals surface area contributed by atoms with Gasteiger partial charge in [-0.2, -0.15) is 0 Å². The predicted octanol–water partition coefficient (Wildman–Crippen LogP) is 1.48. The van der Waals surface area contributed by atoms with E-state index in [2.05, 4.69) is 4.72 Å². The number of sulfonamides is 1. The van der Waals surface area contributed by atoms with E-state index in [0.717, 1.165) is 37.2 Å². The molecule has 0 spiro atoms. The average molecular weight is 305 g/mol. The third kappa shape index (κ3) is 4.25. The smallest absolute Gasteiger partial charge is 0.250 e. The Hall–Kier alpha value is -0.470. The molecule has 2 rings (SSSR count). The van der Waals surface area contributed by atoms with Gasteiger partial charge >= 0.3 is 0 Å². The Bertz CT molecular complexity index is 492. The minimum Gasteiger partial charge on any atom is -0.392 e. The summed E-state index contributed by atoms with van der Waals surface area (Å²) in [6, 6.07) is 1.50. The normalized spacial score (nSPS) is 20.6. The van der Waals surface area contributed by atoms with Crippen molar-refractivity contribution in [3.05, 3.63) is 17.0 Å². The molecule has 1 unspecified atom stereocenters. The summed E-state index contributed by atoms with van der Waals surface area (Å²) in [7, 11) is -3.45. The summed E-state index contributed by atoms with van der Waals surface area (Å²) < 4.78 is 32.3. The van der Waals surface area contributed by atoms with Crippen LogP contribution in [0.25, 0.3) is 0 Å². The van der Waals surface area contributed by atoms with E-state index in [-0.39, 0.29) is 16.9 Å². The fourth-order valence-corrected chi connectivity index (χ4v) is 4.33. The Morgan fingerprint density at radius 3 is 2.95 bits per heavy atom. The third-order valence-electron chi connectivity index (χ3n) is 3.11. The highest BCUT2D eigenvalue weighted by Gasteiger charge is 2.18. The summed E-state index contributed by atoms with van der Waals surface area (Å²) in [4.78, 5) is 0. The summed E-state index contributed by atoms with van der Waals surface area (Å²) >= 11 is 1.13. The summed E-state index contributed by atoms with van der Waals surface area (Å²) in [6.45, 7) is 1.03. The molecule has 0 saturated carbocycles. The summed E-state index contributed by atoms with van der Waals surface area (Å²) in [6.07, 6.45) is 4.14. The first-order chi connectivity index (χ1) is 9.12. The fraction of sp³-hybridized carbons (Fsp3) is 0.667. The van der Waals surface area contributed by atoms with E-state index in [1.807, 2.05) is 0 Å². The van der Waals surface area contributed by atoms with Crippen LogP contribution in [0.3, 0.4) is 0 Å². The van der Waals surface area contributed by atoms with Gasteiger partial charge in [0.1, 0.15) is 4.21 Å². The zero-order valence-corrected chi connectivity index (χ0v) is 12.3. The van der Waals surface area contributed by atoms with Crippen molar-refractivity contribution in [2.24, 2.45) is 0 Å². The molecule has 1 atom stereocenters. The molecule has 0 amide bonds. The van der Waals surface area contributed by atoms with Crippen molar-refractivity contribution in [2.75, 3.05) is 13.2 Å². The van der Waals surface area contributed by atoms with Crippen molar-refractivity contribution in [1.82, 2.24) is 4.72 Å². The van der Waals surface area contributed by atoms with Crippen LogP contribution < -0.4 is 4.72 Å². The van der Waals surface area contributed by atoms with Gasteiger partial charge in [-0.15, -0.1) is 11.3 Å². The minimum absolute atomic E-state index is 0.137. The Labute approximate surface area is 117 Å². The van der Waals surface area contributed by atoms with E-state index in [4.69, 9.17) is 9.84 Å². The van der Waals surface area contributed by atoms with Gasteiger partial charge in [0.15, 0.2) is 0 Å². The molecule has 0 aromatic carbocycles. The standard InChI is InChI=1S/C12H19NO4S2/c14-8-10-7-12(18-9-10)19(15,16)13-5-4-11-3-1-2-6-17-11/h7,9,11,13-14H,1-6,8H2. The highest BCUT2D eigenvalue weighted by Crippen LogP contribution is 2.20. The minimum atomic E-state index is -3.45. The lowest BCUT2D eigenvalue weighted by Crippen LogP contribution is -2.29. The lowest BCUT2D eigenvalue weighted by molar-refractivity contribution is 0.0123. The maximum Gasteiger partial charge on any atom is 0.250 e. The number of nitrogens with one attached hydrogen (secondary N) is 1. The second-order valence-corrected chi connectivity index (χ2v) is 7.51. The monoisotopic (exact) mass is 305 g/mol. The second-order valence-electron chi connectivity index (χ2n) is 4.61. The number of hydrogen-bond donors (Lipinski definition) is 2. The molecule has 5 nitrogen and oxygen atoms in total. The molecule has 0 aliphatic carbocycles. The molecule has 2 heterocycles. The molecule has 19 heavy (non-hydrogen) atoms. The Morgan fingerprint density at radius 1 is 1.47 bits per heavy atom. The number of hydrogen-bond acceptors (Lipinski definition) is 5. The molecule has 108 valence electrons. The molecule has 1 saturated heterocycles. The van der Waals surface area contributed by atoms with Crippen LogP contribution in [0.1, 0.15) is 31.2 Å². The van der Waals surface area contributed by atoms with E-state index in [1.165, 1.54) is 6.07 Å². The summed E-state index contributed by atoms with van der Waals surface area (Å²) in [5.74, 6) is 0. The number of rotatable bonds is 6. The molecule has 0 bridgehead atoms. The van der Waals surface area contributed by atoms with Crippen LogP contribution in [0.2, 0.25) is 0 Å². The quantitative estimate of drug-likeness (QED) is 0.834. The Balaban J connectivity index is 1.83. The third-order valence-corrected chi connectivity index (χ3v) is 6.06. The summed E-state index contributed by atoms with van der Waals surface area (Å²) in [5.41, 5.74) is 0.626. The highest BCUT2D eigenvalue weighted by molar-refractivity contribution is 7.91. The van der Waals surface area contributed by atoms with Crippen LogP contribution in [-0.2, 0) is 21.4 Å². The molecule has 2 N–H and O–H groups in total. The topological polar surface area (TPSA) is 75.6 Å². The van der Waals surface area contributed by atoms with E-state index in [9.17, 15) is 8.42 Å². The van der Waals surface area contributed by atoms with Crippen molar-refractivity contribution < 1.29 is 18.3 Å². The molecule has 1 aliphatic heterocycles. The largest absolute Gasteiger partial charge is 0.392 e. The average Bonchev–Trinajstić information content (AvgIpc) is 2.89. The van der Waals surface area contributed by atoms with Crippen molar-refractivity contribution >= 4 is 21.4 Å². The fourth-order valence-electron chi connectivity index (χ4n) is 2.04. The molecule has 1 aromatic rings. The van der Waals surface area contributed by atoms with Gasteiger partial charge < -0.3 is 9.84 Å². The highest BCUT2D eigenvalue weighted by atomic mass is 32.2. The Morgan fingerprint density at radius 2 is 2.32 bits per heavy atom. The van der Waals surface area contributed by atoms with Gasteiger partial charge in [0.05, 0.1) is 12.7 Å². The molecule has 1 fully saturated rings. The van der Waals surface area contributed by atoms with Gasteiger partial charge in [0, 0.05) is 13.2 Å². The van der Waals surface area contributed by atoms with Crippen molar-refractivity contribution in [3.63, 3.8) is 0 Å². The molecule has 1 aliphatic rings. The second kappa shape index (κ2) is 6.81. The Kier molecular flexibility index (Phi) is 5.35. The first kappa shape index (κ1) is 14.9. The zero-order chi connectivity index (χ0) is 13.7. The van der Waals surface area contributed by atoms with E-state index >= 15 is 0 Å². The van der Waals surface area contributed by atoms with Gasteiger partial charge in [0.25, 0.3) is 0 Å². The van der Waals surface area contributed by atoms with Gasteiger partial charge in [-0.05, 0) is 42.7 Å². The van der Waals surface area contributed by atoms with Gasteiger partial charge in [0.2, 0.25) is 10.0 Å². The lowest BCUT2D eigenvalue weighted by Gasteiger charge is -2.22. The SMILES string of the molecule is O=S(=O)(NCCC1CCCCO1)c1cc(CO)cs1. The van der Waals surface area contributed by atoms with Crippen molar-refractivity contribution in [2.45, 2.75) is 42.6 Å². The van der Waals surface area contributed by atoms with Crippen LogP contribution in [-0.4, -0.2) is 32.8 Å². The molecular formula is C12H19NO4S2. The van der Waals surface area contributed by atoms with Gasteiger partial charge in [-0.25, -0.2) is 13.1 Å². The number of aliphatic hydroxyl groups excluding tert-OH is 1. The maximum atomic E-state index is 12.0. The predicted molar refractivity (Wildman–Crippen MR) is 73.6 cm³/mol. The first-order valence-electron chi connectivity index (χ1n) is 6.41.